The van der Waals surface area contributed by atoms with Crippen molar-refractivity contribution in [3.63, 3.8) is 0 Å². The van der Waals surface area contributed by atoms with E-state index in [0.717, 1.165) is 11.8 Å². The van der Waals surface area contributed by atoms with Gasteiger partial charge in [0.05, 0.1) is 23.4 Å². The highest BCUT2D eigenvalue weighted by molar-refractivity contribution is 7.92. The van der Waals surface area contributed by atoms with Crippen molar-refractivity contribution in [1.29, 1.82) is 5.26 Å². The van der Waals surface area contributed by atoms with Gasteiger partial charge in [-0.25, -0.2) is 12.8 Å². The number of nitrogens with zero attached hydrogens (tertiary/aromatic N) is 2. The Morgan fingerprint density at radius 1 is 1.25 bits per heavy atom. The van der Waals surface area contributed by atoms with Gasteiger partial charge >= 0.3 is 0 Å². The summed E-state index contributed by atoms with van der Waals surface area (Å²) >= 11 is 5.93. The van der Waals surface area contributed by atoms with Crippen LogP contribution >= 0.6 is 11.6 Å². The third kappa shape index (κ3) is 6.34. The topological polar surface area (TPSA) is 99.5 Å². The van der Waals surface area contributed by atoms with Crippen molar-refractivity contribution in [2.45, 2.75) is 19.3 Å². The maximum atomic E-state index is 13.1. The molecule has 0 atom stereocenters. The standard InChI is InChI=1S/C22H23ClFN3O4S/c1-32(29,30)26-19-12-17(23)4-7-20(19)31-14-21(28)27-10-8-22(15-25,9-11-27)13-16-2-5-18(24)6-3-16/h2-7,12,26H,8-11,13-14H2,1H3. The Labute approximate surface area is 191 Å². The molecule has 0 spiro atoms. The number of piperidine rings is 1. The van der Waals surface area contributed by atoms with E-state index < -0.39 is 15.4 Å². The minimum atomic E-state index is -3.56. The number of halogens is 2. The largest absolute Gasteiger partial charge is 0.482 e. The van der Waals surface area contributed by atoms with E-state index in [1.807, 2.05) is 0 Å². The number of rotatable bonds is 7. The first-order chi connectivity index (χ1) is 15.1. The fourth-order valence-corrected chi connectivity index (χ4v) is 4.37. The minimum absolute atomic E-state index is 0.147. The number of hydrogen-bond acceptors (Lipinski definition) is 5. The van der Waals surface area contributed by atoms with Gasteiger partial charge in [0.2, 0.25) is 10.0 Å². The highest BCUT2D eigenvalue weighted by Crippen LogP contribution is 2.35. The van der Waals surface area contributed by atoms with Crippen molar-refractivity contribution in [2.75, 3.05) is 30.7 Å². The zero-order valence-corrected chi connectivity index (χ0v) is 19.0. The number of ether oxygens (including phenoxy) is 1. The number of anilines is 1. The Morgan fingerprint density at radius 3 is 2.50 bits per heavy atom. The summed E-state index contributed by atoms with van der Waals surface area (Å²) in [4.78, 5) is 14.3. The van der Waals surface area contributed by atoms with Crippen LogP contribution in [0.5, 0.6) is 5.75 Å². The van der Waals surface area contributed by atoms with Crippen LogP contribution in [0.1, 0.15) is 18.4 Å². The van der Waals surface area contributed by atoms with Crippen LogP contribution in [0.4, 0.5) is 10.1 Å². The first-order valence-corrected chi connectivity index (χ1v) is 12.2. The van der Waals surface area contributed by atoms with Gasteiger partial charge in [-0.2, -0.15) is 5.26 Å². The maximum absolute atomic E-state index is 13.1. The molecule has 0 bridgehead atoms. The molecule has 1 fully saturated rings. The number of nitrogens with one attached hydrogen (secondary N) is 1. The maximum Gasteiger partial charge on any atom is 0.260 e. The van der Waals surface area contributed by atoms with Crippen LogP contribution in [0.2, 0.25) is 5.02 Å². The van der Waals surface area contributed by atoms with Gasteiger partial charge in [-0.3, -0.25) is 9.52 Å². The summed E-state index contributed by atoms with van der Waals surface area (Å²) in [6.07, 6.45) is 2.49. The Hall–Kier alpha value is -2.83. The summed E-state index contributed by atoms with van der Waals surface area (Å²) in [7, 11) is -3.56. The first kappa shape index (κ1) is 23.8. The molecule has 0 saturated carbocycles. The quantitative estimate of drug-likeness (QED) is 0.654. The first-order valence-electron chi connectivity index (χ1n) is 9.93. The Bertz CT molecular complexity index is 1120. The van der Waals surface area contributed by atoms with E-state index in [-0.39, 0.29) is 29.8 Å². The monoisotopic (exact) mass is 479 g/mol. The third-order valence-electron chi connectivity index (χ3n) is 5.35. The molecule has 1 heterocycles. The summed E-state index contributed by atoms with van der Waals surface area (Å²) in [5.41, 5.74) is 0.414. The molecule has 0 radical (unpaired) electrons. The van der Waals surface area contributed by atoms with Gasteiger partial charge < -0.3 is 9.64 Å². The van der Waals surface area contributed by atoms with Gasteiger partial charge in [-0.05, 0) is 55.2 Å². The molecule has 2 aromatic carbocycles. The number of likely N-dealkylation sites (tertiary alicyclic amines) is 1. The van der Waals surface area contributed by atoms with Gasteiger partial charge in [0.15, 0.2) is 6.61 Å². The van der Waals surface area contributed by atoms with Crippen molar-refractivity contribution >= 4 is 33.2 Å². The molecule has 3 rings (SSSR count). The average Bonchev–Trinajstić information content (AvgIpc) is 2.74. The molecule has 1 aliphatic rings. The van der Waals surface area contributed by atoms with Crippen LogP contribution < -0.4 is 9.46 Å². The predicted molar refractivity (Wildman–Crippen MR) is 119 cm³/mol. The van der Waals surface area contributed by atoms with Crippen molar-refractivity contribution in [3.8, 4) is 11.8 Å². The molecule has 1 saturated heterocycles. The number of sulfonamides is 1. The number of amides is 1. The van der Waals surface area contributed by atoms with E-state index in [1.54, 1.807) is 17.0 Å². The molecule has 10 heteroatoms. The molecule has 32 heavy (non-hydrogen) atoms. The van der Waals surface area contributed by atoms with Crippen LogP contribution in [0.15, 0.2) is 42.5 Å². The van der Waals surface area contributed by atoms with E-state index in [1.165, 1.54) is 30.3 Å². The second-order valence-electron chi connectivity index (χ2n) is 7.88. The number of benzene rings is 2. The Balaban J connectivity index is 1.59. The number of nitriles is 1. The van der Waals surface area contributed by atoms with Gasteiger partial charge in [-0.1, -0.05) is 23.7 Å². The lowest BCUT2D eigenvalue weighted by Gasteiger charge is -2.37. The highest BCUT2D eigenvalue weighted by atomic mass is 35.5. The van der Waals surface area contributed by atoms with Crippen LogP contribution in [0.3, 0.4) is 0 Å². The van der Waals surface area contributed by atoms with E-state index in [2.05, 4.69) is 10.8 Å². The summed E-state index contributed by atoms with van der Waals surface area (Å²) in [5.74, 6) is -0.401. The lowest BCUT2D eigenvalue weighted by atomic mass is 9.75. The predicted octanol–water partition coefficient (Wildman–Crippen LogP) is 3.60. The molecule has 2 aromatic rings. The van der Waals surface area contributed by atoms with E-state index in [9.17, 15) is 22.9 Å². The van der Waals surface area contributed by atoms with E-state index >= 15 is 0 Å². The zero-order valence-electron chi connectivity index (χ0n) is 17.5. The molecule has 0 unspecified atom stereocenters. The SMILES string of the molecule is CS(=O)(=O)Nc1cc(Cl)ccc1OCC(=O)N1CCC(C#N)(Cc2ccc(F)cc2)CC1. The van der Waals surface area contributed by atoms with Crippen LogP contribution in [0, 0.1) is 22.6 Å². The molecule has 1 N–H and O–H groups in total. The summed E-state index contributed by atoms with van der Waals surface area (Å²) in [6.45, 7) is 0.510. The lowest BCUT2D eigenvalue weighted by Crippen LogP contribution is -2.45. The second-order valence-corrected chi connectivity index (χ2v) is 10.1. The van der Waals surface area contributed by atoms with Gasteiger partial charge in [0.25, 0.3) is 5.91 Å². The fourth-order valence-electron chi connectivity index (χ4n) is 3.64. The lowest BCUT2D eigenvalue weighted by molar-refractivity contribution is -0.135. The van der Waals surface area contributed by atoms with Gasteiger partial charge in [-0.15, -0.1) is 0 Å². The number of carbonyl (C=O) groups is 1. The Morgan fingerprint density at radius 2 is 1.91 bits per heavy atom. The second kappa shape index (κ2) is 9.76. The van der Waals surface area contributed by atoms with E-state index in [4.69, 9.17) is 16.3 Å². The van der Waals surface area contributed by atoms with Gasteiger partial charge in [0.1, 0.15) is 11.6 Å². The molecule has 0 aliphatic carbocycles. The van der Waals surface area contributed by atoms with Gasteiger partial charge in [0, 0.05) is 18.1 Å². The van der Waals surface area contributed by atoms with Crippen LogP contribution in [0.25, 0.3) is 0 Å². The molecule has 1 aliphatic heterocycles. The molecular formula is C22H23ClFN3O4S. The molecule has 1 amide bonds. The average molecular weight is 480 g/mol. The highest BCUT2D eigenvalue weighted by Gasteiger charge is 2.36. The molecule has 170 valence electrons. The molecule has 7 nitrogen and oxygen atoms in total. The minimum Gasteiger partial charge on any atom is -0.482 e. The number of hydrogen-bond donors (Lipinski definition) is 1. The summed E-state index contributed by atoms with van der Waals surface area (Å²) in [5, 5.41) is 10.1. The zero-order chi connectivity index (χ0) is 23.4. The Kier molecular flexibility index (Phi) is 7.26. The van der Waals surface area contributed by atoms with Crippen molar-refractivity contribution < 1.29 is 22.3 Å². The van der Waals surface area contributed by atoms with Crippen molar-refractivity contribution in [3.05, 3.63) is 58.9 Å². The summed E-state index contributed by atoms with van der Waals surface area (Å²) in [6, 6.07) is 12.9. The smallest absolute Gasteiger partial charge is 0.260 e. The summed E-state index contributed by atoms with van der Waals surface area (Å²) < 4.78 is 44.1. The third-order valence-corrected chi connectivity index (χ3v) is 6.18. The molecular weight excluding hydrogens is 457 g/mol. The number of carbonyl (C=O) groups excluding carboxylic acids is 1. The van der Waals surface area contributed by atoms with Crippen LogP contribution in [-0.4, -0.2) is 45.2 Å². The van der Waals surface area contributed by atoms with Crippen LogP contribution in [-0.2, 0) is 21.2 Å². The van der Waals surface area contributed by atoms with E-state index in [0.29, 0.717) is 37.4 Å². The van der Waals surface area contributed by atoms with Crippen molar-refractivity contribution in [2.24, 2.45) is 5.41 Å². The molecule has 0 aromatic heterocycles. The normalized spacial score (nSPS) is 15.6. The van der Waals surface area contributed by atoms with Crippen molar-refractivity contribution in [1.82, 2.24) is 4.90 Å². The fraction of sp³-hybridized carbons (Fsp3) is 0.364.